The highest BCUT2D eigenvalue weighted by Crippen LogP contribution is 2.22. The molecule has 0 radical (unpaired) electrons. The molecule has 0 saturated carbocycles. The van der Waals surface area contributed by atoms with Crippen molar-refractivity contribution in [2.24, 2.45) is 0 Å². The first kappa shape index (κ1) is 14.5. The van der Waals surface area contributed by atoms with Crippen molar-refractivity contribution in [3.05, 3.63) is 65.2 Å². The third kappa shape index (κ3) is 3.14. The molecule has 2 rings (SSSR count). The second-order valence-corrected chi connectivity index (χ2v) is 4.56. The van der Waals surface area contributed by atoms with Crippen molar-refractivity contribution in [1.82, 2.24) is 5.32 Å². The van der Waals surface area contributed by atoms with Crippen LogP contribution in [0.2, 0.25) is 0 Å². The van der Waals surface area contributed by atoms with E-state index >= 15 is 0 Å². The Morgan fingerprint density at radius 1 is 1.10 bits per heavy atom. The number of ether oxygens (including phenoxy) is 1. The minimum atomic E-state index is -0.952. The molecule has 2 aromatic rings. The van der Waals surface area contributed by atoms with Crippen molar-refractivity contribution in [3.8, 4) is 5.75 Å². The predicted octanol–water partition coefficient (Wildman–Crippen LogP) is 3.61. The van der Waals surface area contributed by atoms with Crippen LogP contribution in [0, 0.1) is 18.6 Å². The Kier molecular flexibility index (Phi) is 4.69. The normalized spacial score (nSPS) is 12.2. The van der Waals surface area contributed by atoms with Gasteiger partial charge in [-0.05, 0) is 37.2 Å². The van der Waals surface area contributed by atoms with Crippen LogP contribution in [0.3, 0.4) is 0 Å². The van der Waals surface area contributed by atoms with Crippen LogP contribution in [0.1, 0.15) is 17.2 Å². The summed E-state index contributed by atoms with van der Waals surface area (Å²) < 4.78 is 32.0. The molecule has 0 heterocycles. The van der Waals surface area contributed by atoms with Crippen LogP contribution in [0.25, 0.3) is 0 Å². The molecule has 106 valence electrons. The molecular weight excluding hydrogens is 260 g/mol. The fourth-order valence-electron chi connectivity index (χ4n) is 2.07. The lowest BCUT2D eigenvalue weighted by Gasteiger charge is -2.19. The Morgan fingerprint density at radius 3 is 2.55 bits per heavy atom. The number of benzene rings is 2. The maximum atomic E-state index is 13.5. The smallest absolute Gasteiger partial charge is 0.200 e. The van der Waals surface area contributed by atoms with Gasteiger partial charge in [0, 0.05) is 0 Å². The summed E-state index contributed by atoms with van der Waals surface area (Å²) in [4.78, 5) is 0. The molecule has 20 heavy (non-hydrogen) atoms. The lowest BCUT2D eigenvalue weighted by molar-refractivity contribution is 0.257. The van der Waals surface area contributed by atoms with E-state index in [1.165, 1.54) is 12.1 Å². The fraction of sp³-hybridized carbons (Fsp3) is 0.250. The van der Waals surface area contributed by atoms with Gasteiger partial charge in [0.25, 0.3) is 0 Å². The van der Waals surface area contributed by atoms with E-state index in [9.17, 15) is 8.78 Å². The quantitative estimate of drug-likeness (QED) is 0.901. The Hall–Kier alpha value is -1.94. The molecule has 0 bridgehead atoms. The summed E-state index contributed by atoms with van der Waals surface area (Å²) >= 11 is 0. The van der Waals surface area contributed by atoms with Gasteiger partial charge in [-0.1, -0.05) is 30.3 Å². The molecular formula is C16H17F2NO. The van der Waals surface area contributed by atoms with Crippen LogP contribution in [0.15, 0.2) is 42.5 Å². The molecule has 1 atom stereocenters. The lowest BCUT2D eigenvalue weighted by atomic mass is 10.0. The number of likely N-dealkylation sites (N-methyl/N-ethyl adjacent to an activating group) is 1. The van der Waals surface area contributed by atoms with Gasteiger partial charge in [-0.2, -0.15) is 4.39 Å². The number of hydrogen-bond donors (Lipinski definition) is 1. The van der Waals surface area contributed by atoms with Crippen LogP contribution in [-0.2, 0) is 0 Å². The number of hydrogen-bond acceptors (Lipinski definition) is 2. The lowest BCUT2D eigenvalue weighted by Crippen LogP contribution is -2.24. The van der Waals surface area contributed by atoms with Gasteiger partial charge in [0.2, 0.25) is 5.82 Å². The van der Waals surface area contributed by atoms with Crippen LogP contribution < -0.4 is 10.1 Å². The number of rotatable bonds is 5. The molecule has 0 aliphatic heterocycles. The number of nitrogens with one attached hydrogen (secondary N) is 1. The van der Waals surface area contributed by atoms with E-state index in [4.69, 9.17) is 4.74 Å². The van der Waals surface area contributed by atoms with Gasteiger partial charge < -0.3 is 10.1 Å². The Bertz CT molecular complexity index is 586. The number of halogens is 2. The van der Waals surface area contributed by atoms with Gasteiger partial charge >= 0.3 is 0 Å². The zero-order chi connectivity index (χ0) is 14.5. The third-order valence-corrected chi connectivity index (χ3v) is 3.23. The molecule has 0 fully saturated rings. The summed E-state index contributed by atoms with van der Waals surface area (Å²) in [5, 5.41) is 3.12. The average molecular weight is 277 g/mol. The predicted molar refractivity (Wildman–Crippen MR) is 74.8 cm³/mol. The molecule has 2 aromatic carbocycles. The molecule has 0 saturated heterocycles. The van der Waals surface area contributed by atoms with Crippen LogP contribution >= 0.6 is 0 Å². The molecule has 0 aliphatic rings. The Morgan fingerprint density at radius 2 is 1.85 bits per heavy atom. The van der Waals surface area contributed by atoms with Crippen molar-refractivity contribution < 1.29 is 13.5 Å². The van der Waals surface area contributed by atoms with Crippen molar-refractivity contribution in [3.63, 3.8) is 0 Å². The van der Waals surface area contributed by atoms with Gasteiger partial charge in [-0.25, -0.2) is 4.39 Å². The second-order valence-electron chi connectivity index (χ2n) is 4.56. The third-order valence-electron chi connectivity index (χ3n) is 3.23. The van der Waals surface area contributed by atoms with E-state index < -0.39 is 11.6 Å². The maximum absolute atomic E-state index is 13.5. The highest BCUT2D eigenvalue weighted by molar-refractivity contribution is 5.29. The largest absolute Gasteiger partial charge is 0.488 e. The Balaban J connectivity index is 2.12. The van der Waals surface area contributed by atoms with E-state index in [1.807, 2.05) is 38.2 Å². The van der Waals surface area contributed by atoms with Crippen LogP contribution in [-0.4, -0.2) is 13.7 Å². The summed E-state index contributed by atoms with van der Waals surface area (Å²) in [6, 6.07) is 11.7. The zero-order valence-corrected chi connectivity index (χ0v) is 11.5. The van der Waals surface area contributed by atoms with E-state index in [2.05, 4.69) is 5.32 Å². The molecule has 0 amide bonds. The molecule has 0 aliphatic carbocycles. The zero-order valence-electron chi connectivity index (χ0n) is 11.5. The minimum absolute atomic E-state index is 0.0705. The van der Waals surface area contributed by atoms with Crippen LogP contribution in [0.4, 0.5) is 8.78 Å². The molecule has 0 spiro atoms. The summed E-state index contributed by atoms with van der Waals surface area (Å²) in [6.45, 7) is 2.23. The Labute approximate surface area is 117 Å². The molecule has 4 heteroatoms. The molecule has 0 aromatic heterocycles. The van der Waals surface area contributed by atoms with Gasteiger partial charge in [-0.15, -0.1) is 0 Å². The minimum Gasteiger partial charge on any atom is -0.488 e. The van der Waals surface area contributed by atoms with Gasteiger partial charge in [-0.3, -0.25) is 0 Å². The van der Waals surface area contributed by atoms with Crippen molar-refractivity contribution >= 4 is 0 Å². The topological polar surface area (TPSA) is 21.3 Å². The molecule has 1 unspecified atom stereocenters. The summed E-state index contributed by atoms with van der Waals surface area (Å²) in [6.07, 6.45) is 0. The maximum Gasteiger partial charge on any atom is 0.200 e. The highest BCUT2D eigenvalue weighted by atomic mass is 19.2. The van der Waals surface area contributed by atoms with Crippen molar-refractivity contribution in [2.45, 2.75) is 13.0 Å². The summed E-state index contributed by atoms with van der Waals surface area (Å²) in [5.74, 6) is -1.93. The van der Waals surface area contributed by atoms with E-state index in [0.717, 1.165) is 17.2 Å². The van der Waals surface area contributed by atoms with Crippen molar-refractivity contribution in [1.29, 1.82) is 0 Å². The van der Waals surface area contributed by atoms with Crippen LogP contribution in [0.5, 0.6) is 5.75 Å². The molecule has 1 N–H and O–H groups in total. The summed E-state index contributed by atoms with van der Waals surface area (Å²) in [5.41, 5.74) is 2.20. The molecule has 2 nitrogen and oxygen atoms in total. The first-order valence-electron chi connectivity index (χ1n) is 6.43. The van der Waals surface area contributed by atoms with Gasteiger partial charge in [0.1, 0.15) is 6.61 Å². The second kappa shape index (κ2) is 6.48. The van der Waals surface area contributed by atoms with E-state index in [0.29, 0.717) is 0 Å². The van der Waals surface area contributed by atoms with E-state index in [-0.39, 0.29) is 18.4 Å². The first-order chi connectivity index (χ1) is 9.63. The van der Waals surface area contributed by atoms with E-state index in [1.54, 1.807) is 0 Å². The van der Waals surface area contributed by atoms with Gasteiger partial charge in [0.15, 0.2) is 11.6 Å². The number of aryl methyl sites for hydroxylation is 1. The standard InChI is InChI=1S/C16H17F2NO/c1-11-6-3-4-7-12(11)14(19-2)10-20-15-9-5-8-13(17)16(15)18/h3-9,14,19H,10H2,1-2H3. The SMILES string of the molecule is CNC(COc1cccc(F)c1F)c1ccccc1C. The summed E-state index contributed by atoms with van der Waals surface area (Å²) in [7, 11) is 1.81. The average Bonchev–Trinajstić information content (AvgIpc) is 2.45. The highest BCUT2D eigenvalue weighted by Gasteiger charge is 2.14. The van der Waals surface area contributed by atoms with Gasteiger partial charge in [0.05, 0.1) is 6.04 Å². The van der Waals surface area contributed by atoms with Crippen molar-refractivity contribution in [2.75, 3.05) is 13.7 Å². The fourth-order valence-corrected chi connectivity index (χ4v) is 2.07. The monoisotopic (exact) mass is 277 g/mol. The first-order valence-corrected chi connectivity index (χ1v) is 6.43.